The van der Waals surface area contributed by atoms with Crippen LogP contribution in [0.25, 0.3) is 0 Å². The summed E-state index contributed by atoms with van der Waals surface area (Å²) in [6, 6.07) is 13.4. The van der Waals surface area contributed by atoms with Crippen LogP contribution < -0.4 is 0 Å². The minimum absolute atomic E-state index is 0.0937. The van der Waals surface area contributed by atoms with Gasteiger partial charge in [0.1, 0.15) is 0 Å². The number of imidazole rings is 1. The quantitative estimate of drug-likeness (QED) is 0.591. The lowest BCUT2D eigenvalue weighted by Gasteiger charge is -2.20. The molecule has 3 rings (SSSR count). The maximum absolute atomic E-state index is 6.41. The molecule has 1 aromatic heterocycles. The first-order chi connectivity index (χ1) is 10.6. The second kappa shape index (κ2) is 6.74. The third-order valence-corrected chi connectivity index (χ3v) is 4.38. The van der Waals surface area contributed by atoms with Gasteiger partial charge in [0.25, 0.3) is 0 Å². The van der Waals surface area contributed by atoms with Crippen molar-refractivity contribution in [2.24, 2.45) is 0 Å². The standard InChI is InChI=1S/C17H13Cl3N2/c18-13-3-1-12(2-4-13)16(10-22-8-7-21-11-22)15-6-5-14(19)9-17(15)20/h1-9,11,16H,10H2. The highest BCUT2D eigenvalue weighted by atomic mass is 35.5. The van der Waals surface area contributed by atoms with Crippen LogP contribution in [0, 0.1) is 0 Å². The van der Waals surface area contributed by atoms with Gasteiger partial charge in [-0.15, -0.1) is 0 Å². The van der Waals surface area contributed by atoms with E-state index in [1.54, 1.807) is 18.6 Å². The number of hydrogen-bond donors (Lipinski definition) is 0. The van der Waals surface area contributed by atoms with Crippen molar-refractivity contribution in [1.82, 2.24) is 9.55 Å². The van der Waals surface area contributed by atoms with Crippen molar-refractivity contribution >= 4 is 34.8 Å². The van der Waals surface area contributed by atoms with Crippen molar-refractivity contribution in [3.8, 4) is 0 Å². The average Bonchev–Trinajstić information content (AvgIpc) is 2.99. The number of benzene rings is 2. The zero-order chi connectivity index (χ0) is 15.5. The molecule has 2 aromatic carbocycles. The first-order valence-electron chi connectivity index (χ1n) is 6.79. The van der Waals surface area contributed by atoms with E-state index >= 15 is 0 Å². The van der Waals surface area contributed by atoms with E-state index in [4.69, 9.17) is 34.8 Å². The zero-order valence-corrected chi connectivity index (χ0v) is 13.9. The van der Waals surface area contributed by atoms with E-state index in [0.717, 1.165) is 17.7 Å². The predicted molar refractivity (Wildman–Crippen MR) is 92.0 cm³/mol. The van der Waals surface area contributed by atoms with Gasteiger partial charge < -0.3 is 4.57 Å². The van der Waals surface area contributed by atoms with Crippen LogP contribution in [0.5, 0.6) is 0 Å². The SMILES string of the molecule is Clc1ccc(C(Cn2ccnc2)c2ccc(Cl)cc2Cl)cc1. The van der Waals surface area contributed by atoms with Gasteiger partial charge in [-0.25, -0.2) is 4.98 Å². The fourth-order valence-electron chi connectivity index (χ4n) is 2.47. The molecule has 0 aliphatic heterocycles. The van der Waals surface area contributed by atoms with Gasteiger partial charge in [0.15, 0.2) is 0 Å². The van der Waals surface area contributed by atoms with Gasteiger partial charge in [0.2, 0.25) is 0 Å². The molecule has 0 N–H and O–H groups in total. The third-order valence-electron chi connectivity index (χ3n) is 3.56. The minimum atomic E-state index is 0.0937. The summed E-state index contributed by atoms with van der Waals surface area (Å²) in [5.41, 5.74) is 2.17. The van der Waals surface area contributed by atoms with Gasteiger partial charge in [-0.05, 0) is 35.4 Å². The van der Waals surface area contributed by atoms with E-state index in [9.17, 15) is 0 Å². The predicted octanol–water partition coefficient (Wildman–Crippen LogP) is 5.68. The minimum Gasteiger partial charge on any atom is -0.337 e. The highest BCUT2D eigenvalue weighted by Gasteiger charge is 2.18. The van der Waals surface area contributed by atoms with E-state index in [2.05, 4.69) is 4.98 Å². The smallest absolute Gasteiger partial charge is 0.0946 e. The van der Waals surface area contributed by atoms with Crippen LogP contribution in [-0.4, -0.2) is 9.55 Å². The Balaban J connectivity index is 2.03. The van der Waals surface area contributed by atoms with E-state index in [-0.39, 0.29) is 5.92 Å². The third kappa shape index (κ3) is 3.46. The van der Waals surface area contributed by atoms with Crippen LogP contribution in [0.3, 0.4) is 0 Å². The Morgan fingerprint density at radius 2 is 1.68 bits per heavy atom. The molecule has 0 spiro atoms. The molecule has 2 nitrogen and oxygen atoms in total. The first kappa shape index (κ1) is 15.4. The Morgan fingerprint density at radius 3 is 2.32 bits per heavy atom. The zero-order valence-electron chi connectivity index (χ0n) is 11.6. The maximum atomic E-state index is 6.41. The molecule has 0 saturated carbocycles. The maximum Gasteiger partial charge on any atom is 0.0946 e. The summed E-state index contributed by atoms with van der Waals surface area (Å²) in [5, 5.41) is 2.01. The molecule has 5 heteroatoms. The molecular formula is C17H13Cl3N2. The van der Waals surface area contributed by atoms with Crippen molar-refractivity contribution in [3.05, 3.63) is 87.4 Å². The van der Waals surface area contributed by atoms with E-state index < -0.39 is 0 Å². The lowest BCUT2D eigenvalue weighted by molar-refractivity contribution is 0.624. The number of aromatic nitrogens is 2. The Kier molecular flexibility index (Phi) is 4.72. The van der Waals surface area contributed by atoms with Gasteiger partial charge in [-0.2, -0.15) is 0 Å². The van der Waals surface area contributed by atoms with Crippen LogP contribution in [0.4, 0.5) is 0 Å². The molecule has 0 aliphatic carbocycles. The van der Waals surface area contributed by atoms with Crippen LogP contribution in [0.1, 0.15) is 17.0 Å². The molecule has 1 heterocycles. The lowest BCUT2D eigenvalue weighted by atomic mass is 9.91. The molecule has 1 unspecified atom stereocenters. The number of hydrogen-bond acceptors (Lipinski definition) is 1. The van der Waals surface area contributed by atoms with Crippen LogP contribution in [0.2, 0.25) is 15.1 Å². The highest BCUT2D eigenvalue weighted by molar-refractivity contribution is 6.35. The summed E-state index contributed by atoms with van der Waals surface area (Å²) < 4.78 is 2.03. The summed E-state index contributed by atoms with van der Waals surface area (Å²) in [6.07, 6.45) is 5.50. The van der Waals surface area contributed by atoms with E-state index in [0.29, 0.717) is 15.1 Å². The van der Waals surface area contributed by atoms with Gasteiger partial charge in [0, 0.05) is 39.9 Å². The van der Waals surface area contributed by atoms with Crippen molar-refractivity contribution in [2.75, 3.05) is 0 Å². The highest BCUT2D eigenvalue weighted by Crippen LogP contribution is 2.33. The molecule has 22 heavy (non-hydrogen) atoms. The van der Waals surface area contributed by atoms with Crippen LogP contribution in [-0.2, 0) is 6.54 Å². The molecule has 112 valence electrons. The second-order valence-electron chi connectivity index (χ2n) is 5.03. The van der Waals surface area contributed by atoms with E-state index in [1.807, 2.05) is 47.2 Å². The Morgan fingerprint density at radius 1 is 0.955 bits per heavy atom. The van der Waals surface area contributed by atoms with Gasteiger partial charge >= 0.3 is 0 Å². The normalized spacial score (nSPS) is 12.3. The van der Waals surface area contributed by atoms with Crippen molar-refractivity contribution < 1.29 is 0 Å². The molecule has 0 fully saturated rings. The average molecular weight is 352 g/mol. The largest absolute Gasteiger partial charge is 0.337 e. The second-order valence-corrected chi connectivity index (χ2v) is 6.31. The molecule has 1 atom stereocenters. The monoisotopic (exact) mass is 350 g/mol. The Labute approximate surface area is 144 Å². The number of halogens is 3. The molecule has 0 bridgehead atoms. The van der Waals surface area contributed by atoms with E-state index in [1.165, 1.54) is 0 Å². The van der Waals surface area contributed by atoms with Crippen LogP contribution in [0.15, 0.2) is 61.2 Å². The summed E-state index contributed by atoms with van der Waals surface area (Å²) in [6.45, 7) is 0.739. The molecule has 0 amide bonds. The molecule has 0 saturated heterocycles. The van der Waals surface area contributed by atoms with Crippen LogP contribution >= 0.6 is 34.8 Å². The summed E-state index contributed by atoms with van der Waals surface area (Å²) in [4.78, 5) is 4.10. The Hall–Kier alpha value is -1.48. The van der Waals surface area contributed by atoms with Crippen molar-refractivity contribution in [3.63, 3.8) is 0 Å². The van der Waals surface area contributed by atoms with Crippen molar-refractivity contribution in [1.29, 1.82) is 0 Å². The summed E-state index contributed by atoms with van der Waals surface area (Å²) >= 11 is 18.4. The lowest BCUT2D eigenvalue weighted by Crippen LogP contribution is -2.10. The molecule has 0 radical (unpaired) electrons. The van der Waals surface area contributed by atoms with Crippen molar-refractivity contribution in [2.45, 2.75) is 12.5 Å². The number of rotatable bonds is 4. The first-order valence-corrected chi connectivity index (χ1v) is 7.93. The van der Waals surface area contributed by atoms with Gasteiger partial charge in [0.05, 0.1) is 6.33 Å². The summed E-state index contributed by atoms with van der Waals surface area (Å²) in [5.74, 6) is 0.0937. The topological polar surface area (TPSA) is 17.8 Å². The molecular weight excluding hydrogens is 339 g/mol. The Bertz CT molecular complexity index is 752. The van der Waals surface area contributed by atoms with Gasteiger partial charge in [-0.3, -0.25) is 0 Å². The molecule has 0 aliphatic rings. The fraction of sp³-hybridized carbons (Fsp3) is 0.118. The fourth-order valence-corrected chi connectivity index (χ4v) is 3.13. The number of nitrogens with zero attached hydrogens (tertiary/aromatic N) is 2. The molecule has 3 aromatic rings. The van der Waals surface area contributed by atoms with Gasteiger partial charge in [-0.1, -0.05) is 53.0 Å². The summed E-state index contributed by atoms with van der Waals surface area (Å²) in [7, 11) is 0.